The van der Waals surface area contributed by atoms with E-state index in [9.17, 15) is 9.59 Å². The zero-order valence-electron chi connectivity index (χ0n) is 14.9. The Morgan fingerprint density at radius 1 is 1.23 bits per heavy atom. The summed E-state index contributed by atoms with van der Waals surface area (Å²) in [6.07, 6.45) is 0. The number of hydrogen-bond acceptors (Lipinski definition) is 5. The van der Waals surface area contributed by atoms with Crippen molar-refractivity contribution in [3.63, 3.8) is 0 Å². The first-order valence-corrected chi connectivity index (χ1v) is 8.25. The van der Waals surface area contributed by atoms with E-state index in [0.29, 0.717) is 10.9 Å². The Balaban J connectivity index is 1.74. The van der Waals surface area contributed by atoms with Crippen molar-refractivity contribution in [2.24, 2.45) is 0 Å². The maximum absolute atomic E-state index is 12.5. The van der Waals surface area contributed by atoms with Crippen molar-refractivity contribution in [2.75, 3.05) is 7.11 Å². The van der Waals surface area contributed by atoms with Crippen molar-refractivity contribution < 1.29 is 9.53 Å². The summed E-state index contributed by atoms with van der Waals surface area (Å²) in [6.45, 7) is 3.58. The van der Waals surface area contributed by atoms with Crippen LogP contribution in [-0.4, -0.2) is 28.0 Å². The number of nitrogens with zero attached hydrogens (tertiary/aromatic N) is 3. The number of aromatic nitrogens is 3. The maximum atomic E-state index is 12.5. The lowest BCUT2D eigenvalue weighted by Crippen LogP contribution is -2.35. The van der Waals surface area contributed by atoms with E-state index in [1.165, 1.54) is 0 Å². The fourth-order valence-electron chi connectivity index (χ4n) is 2.69. The van der Waals surface area contributed by atoms with E-state index in [1.807, 2.05) is 44.2 Å². The highest BCUT2D eigenvalue weighted by molar-refractivity contribution is 5.79. The topological polar surface area (TPSA) is 86.1 Å². The van der Waals surface area contributed by atoms with E-state index in [-0.39, 0.29) is 24.1 Å². The van der Waals surface area contributed by atoms with Crippen LogP contribution in [0.1, 0.15) is 24.1 Å². The molecule has 3 aromatic rings. The monoisotopic (exact) mass is 352 g/mol. The molecule has 0 saturated heterocycles. The van der Waals surface area contributed by atoms with Gasteiger partial charge in [-0.2, -0.15) is 0 Å². The number of benzene rings is 2. The zero-order valence-corrected chi connectivity index (χ0v) is 14.9. The Kier molecular flexibility index (Phi) is 4.97. The van der Waals surface area contributed by atoms with Crippen LogP contribution in [0.4, 0.5) is 0 Å². The number of aryl methyl sites for hydroxylation is 1. The van der Waals surface area contributed by atoms with Crippen LogP contribution in [0.5, 0.6) is 5.75 Å². The molecule has 1 N–H and O–H groups in total. The second kappa shape index (κ2) is 7.35. The lowest BCUT2D eigenvalue weighted by Gasteiger charge is -2.15. The smallest absolute Gasteiger partial charge is 0.278 e. The Labute approximate surface area is 150 Å². The molecule has 7 nitrogen and oxygen atoms in total. The summed E-state index contributed by atoms with van der Waals surface area (Å²) in [7, 11) is 1.60. The average molecular weight is 352 g/mol. The first-order chi connectivity index (χ1) is 12.5. The van der Waals surface area contributed by atoms with E-state index in [4.69, 9.17) is 4.74 Å². The number of hydrogen-bond donors (Lipinski definition) is 1. The summed E-state index contributed by atoms with van der Waals surface area (Å²) in [5, 5.41) is 11.2. The van der Waals surface area contributed by atoms with Crippen LogP contribution in [0.15, 0.2) is 47.3 Å². The highest BCUT2D eigenvalue weighted by atomic mass is 16.5. The Bertz CT molecular complexity index is 996. The fourth-order valence-corrected chi connectivity index (χ4v) is 2.69. The van der Waals surface area contributed by atoms with Gasteiger partial charge in [0.05, 0.1) is 18.5 Å². The average Bonchev–Trinajstić information content (AvgIpc) is 2.64. The van der Waals surface area contributed by atoms with Crippen LogP contribution < -0.4 is 15.6 Å². The van der Waals surface area contributed by atoms with Gasteiger partial charge in [0, 0.05) is 0 Å². The number of fused-ring (bicyclic) bond motifs is 1. The van der Waals surface area contributed by atoms with Gasteiger partial charge >= 0.3 is 0 Å². The van der Waals surface area contributed by atoms with Crippen LogP contribution in [0.25, 0.3) is 10.9 Å². The molecule has 1 aromatic heterocycles. The number of ether oxygens (including phenoxy) is 1. The molecule has 0 aliphatic rings. The van der Waals surface area contributed by atoms with Gasteiger partial charge in [-0.25, -0.2) is 4.68 Å². The summed E-state index contributed by atoms with van der Waals surface area (Å²) in [5.41, 5.74) is 2.08. The first-order valence-electron chi connectivity index (χ1n) is 8.25. The molecule has 0 radical (unpaired) electrons. The minimum atomic E-state index is -0.328. The molecular weight excluding hydrogens is 332 g/mol. The van der Waals surface area contributed by atoms with Crippen molar-refractivity contribution in [1.82, 2.24) is 20.3 Å². The molecule has 26 heavy (non-hydrogen) atoms. The van der Waals surface area contributed by atoms with Crippen LogP contribution in [0.3, 0.4) is 0 Å². The third-order valence-electron chi connectivity index (χ3n) is 4.16. The van der Waals surface area contributed by atoms with Gasteiger partial charge in [-0.1, -0.05) is 29.0 Å². The van der Waals surface area contributed by atoms with E-state index in [0.717, 1.165) is 21.6 Å². The molecule has 0 spiro atoms. The molecule has 0 saturated carbocycles. The van der Waals surface area contributed by atoms with Crippen molar-refractivity contribution in [3.05, 3.63) is 63.9 Å². The summed E-state index contributed by atoms with van der Waals surface area (Å²) in [4.78, 5) is 24.8. The second-order valence-electron chi connectivity index (χ2n) is 6.14. The number of carbonyl (C=O) groups is 1. The Hall–Kier alpha value is -3.22. The fraction of sp³-hybridized carbons (Fsp3) is 0.263. The van der Waals surface area contributed by atoms with Crippen molar-refractivity contribution in [3.8, 4) is 5.75 Å². The molecule has 0 bridgehead atoms. The van der Waals surface area contributed by atoms with Crippen LogP contribution in [0, 0.1) is 6.92 Å². The number of methoxy groups -OCH3 is 1. The summed E-state index contributed by atoms with van der Waals surface area (Å²) in [5.74, 6) is 0.442. The van der Waals surface area contributed by atoms with E-state index < -0.39 is 0 Å². The third kappa shape index (κ3) is 3.72. The van der Waals surface area contributed by atoms with Gasteiger partial charge in [0.25, 0.3) is 5.56 Å². The van der Waals surface area contributed by atoms with Crippen LogP contribution in [0.2, 0.25) is 0 Å². The summed E-state index contributed by atoms with van der Waals surface area (Å²) in [6, 6.07) is 12.6. The zero-order chi connectivity index (χ0) is 18.7. The predicted octanol–water partition coefficient (Wildman–Crippen LogP) is 1.99. The van der Waals surface area contributed by atoms with Crippen LogP contribution in [-0.2, 0) is 11.3 Å². The van der Waals surface area contributed by atoms with Crippen molar-refractivity contribution in [1.29, 1.82) is 0 Å². The maximum Gasteiger partial charge on any atom is 0.278 e. The molecule has 1 heterocycles. The van der Waals surface area contributed by atoms with Gasteiger partial charge in [-0.3, -0.25) is 9.59 Å². The van der Waals surface area contributed by atoms with Gasteiger partial charge in [0.15, 0.2) is 0 Å². The molecule has 134 valence electrons. The Morgan fingerprint density at radius 3 is 2.65 bits per heavy atom. The number of carbonyl (C=O) groups excluding carboxylic acids is 1. The molecule has 1 atom stereocenters. The standard InChI is InChI=1S/C19H20N4O3/c1-12-4-9-17-16(10-12)19(25)23(22-21-17)11-18(24)20-13(2)14-5-7-15(26-3)8-6-14/h4-10,13H,11H2,1-3H3,(H,20,24)/t13-/m0/s1. The quantitative estimate of drug-likeness (QED) is 0.759. The van der Waals surface area contributed by atoms with E-state index in [2.05, 4.69) is 15.6 Å². The number of amides is 1. The van der Waals surface area contributed by atoms with Crippen LogP contribution >= 0.6 is 0 Å². The molecular formula is C19H20N4O3. The highest BCUT2D eigenvalue weighted by Gasteiger charge is 2.13. The summed E-state index contributed by atoms with van der Waals surface area (Å²) < 4.78 is 6.21. The lowest BCUT2D eigenvalue weighted by molar-refractivity contribution is -0.122. The minimum Gasteiger partial charge on any atom is -0.497 e. The molecule has 2 aromatic carbocycles. The molecule has 3 rings (SSSR count). The molecule has 1 amide bonds. The normalized spacial score (nSPS) is 12.0. The van der Waals surface area contributed by atoms with Gasteiger partial charge in [-0.05, 0) is 43.7 Å². The molecule has 0 aliphatic carbocycles. The van der Waals surface area contributed by atoms with Gasteiger partial charge in [0.1, 0.15) is 17.8 Å². The molecule has 0 unspecified atom stereocenters. The SMILES string of the molecule is COc1ccc([C@H](C)NC(=O)Cn2nnc3ccc(C)cc3c2=O)cc1. The van der Waals surface area contributed by atoms with Crippen molar-refractivity contribution >= 4 is 16.8 Å². The number of nitrogens with one attached hydrogen (secondary N) is 1. The van der Waals surface area contributed by atoms with E-state index >= 15 is 0 Å². The molecule has 0 fully saturated rings. The third-order valence-corrected chi connectivity index (χ3v) is 4.16. The first kappa shape index (κ1) is 17.6. The van der Waals surface area contributed by atoms with E-state index in [1.54, 1.807) is 19.2 Å². The minimum absolute atomic E-state index is 0.184. The van der Waals surface area contributed by atoms with Gasteiger partial charge in [-0.15, -0.1) is 5.10 Å². The van der Waals surface area contributed by atoms with Gasteiger partial charge < -0.3 is 10.1 Å². The summed E-state index contributed by atoms with van der Waals surface area (Å²) >= 11 is 0. The predicted molar refractivity (Wildman–Crippen MR) is 98.1 cm³/mol. The second-order valence-corrected chi connectivity index (χ2v) is 6.14. The molecule has 7 heteroatoms. The highest BCUT2D eigenvalue weighted by Crippen LogP contribution is 2.17. The molecule has 0 aliphatic heterocycles. The lowest BCUT2D eigenvalue weighted by atomic mass is 10.1. The number of rotatable bonds is 5. The van der Waals surface area contributed by atoms with Crippen molar-refractivity contribution in [2.45, 2.75) is 26.4 Å². The Morgan fingerprint density at radius 2 is 1.96 bits per heavy atom. The van der Waals surface area contributed by atoms with Gasteiger partial charge in [0.2, 0.25) is 5.91 Å². The largest absolute Gasteiger partial charge is 0.497 e.